The summed E-state index contributed by atoms with van der Waals surface area (Å²) in [6.45, 7) is 2.24. The Hall–Kier alpha value is -1.49. The highest BCUT2D eigenvalue weighted by Crippen LogP contribution is 2.04. The molecular formula is C12H15FN2OS. The average molecular weight is 254 g/mol. The smallest absolute Gasteiger partial charge is 0.224 e. The molecule has 0 heterocycles. The van der Waals surface area contributed by atoms with Gasteiger partial charge in [0.1, 0.15) is 5.82 Å². The van der Waals surface area contributed by atoms with Gasteiger partial charge in [-0.25, -0.2) is 4.39 Å². The molecule has 17 heavy (non-hydrogen) atoms. The average Bonchev–Trinajstić information content (AvgIpc) is 2.25. The first-order chi connectivity index (χ1) is 7.99. The first kappa shape index (κ1) is 13.6. The van der Waals surface area contributed by atoms with Crippen molar-refractivity contribution in [1.82, 2.24) is 5.32 Å². The van der Waals surface area contributed by atoms with Crippen molar-refractivity contribution in [3.63, 3.8) is 0 Å². The van der Waals surface area contributed by atoms with Crippen molar-refractivity contribution in [2.75, 3.05) is 6.54 Å². The van der Waals surface area contributed by atoms with E-state index in [1.807, 2.05) is 6.92 Å². The predicted octanol–water partition coefficient (Wildman–Crippen LogP) is 1.41. The van der Waals surface area contributed by atoms with Crippen LogP contribution in [0.5, 0.6) is 0 Å². The normalized spacial score (nSPS) is 11.9. The summed E-state index contributed by atoms with van der Waals surface area (Å²) in [7, 11) is 0. The quantitative estimate of drug-likeness (QED) is 0.781. The van der Waals surface area contributed by atoms with Gasteiger partial charge in [0, 0.05) is 12.5 Å². The second-order valence-corrected chi connectivity index (χ2v) is 4.39. The van der Waals surface area contributed by atoms with E-state index < -0.39 is 0 Å². The lowest BCUT2D eigenvalue weighted by molar-refractivity contribution is -0.120. The molecule has 1 amide bonds. The van der Waals surface area contributed by atoms with Gasteiger partial charge in [0.05, 0.1) is 11.4 Å². The Bertz CT molecular complexity index is 423. The zero-order valence-electron chi connectivity index (χ0n) is 9.57. The van der Waals surface area contributed by atoms with Crippen LogP contribution in [0.4, 0.5) is 4.39 Å². The van der Waals surface area contributed by atoms with Crippen molar-refractivity contribution >= 4 is 23.1 Å². The Morgan fingerprint density at radius 2 is 2.29 bits per heavy atom. The van der Waals surface area contributed by atoms with Crippen molar-refractivity contribution in [3.8, 4) is 0 Å². The fourth-order valence-electron chi connectivity index (χ4n) is 1.26. The maximum atomic E-state index is 12.9. The van der Waals surface area contributed by atoms with Crippen molar-refractivity contribution in [1.29, 1.82) is 0 Å². The van der Waals surface area contributed by atoms with Crippen LogP contribution in [0.1, 0.15) is 12.5 Å². The third kappa shape index (κ3) is 4.91. The minimum Gasteiger partial charge on any atom is -0.393 e. The van der Waals surface area contributed by atoms with Crippen LogP contribution in [-0.4, -0.2) is 17.4 Å². The summed E-state index contributed by atoms with van der Waals surface area (Å²) in [6, 6.07) is 5.97. The number of nitrogens with one attached hydrogen (secondary N) is 1. The molecule has 5 heteroatoms. The van der Waals surface area contributed by atoms with Crippen LogP contribution in [-0.2, 0) is 11.2 Å². The fraction of sp³-hybridized carbons (Fsp3) is 0.333. The summed E-state index contributed by atoms with van der Waals surface area (Å²) in [4.78, 5) is 11.9. The molecule has 0 aromatic heterocycles. The minimum absolute atomic E-state index is 0.0403. The van der Waals surface area contributed by atoms with Gasteiger partial charge in [-0.1, -0.05) is 31.3 Å². The molecule has 1 aromatic carbocycles. The second-order valence-electron chi connectivity index (χ2n) is 3.91. The van der Waals surface area contributed by atoms with Crippen molar-refractivity contribution < 1.29 is 9.18 Å². The molecule has 3 N–H and O–H groups in total. The number of benzene rings is 1. The second kappa shape index (κ2) is 6.30. The molecule has 3 nitrogen and oxygen atoms in total. The summed E-state index contributed by atoms with van der Waals surface area (Å²) in [5.74, 6) is -0.549. The SMILES string of the molecule is CC(CNC(=O)Cc1cccc(F)c1)C(N)=S. The van der Waals surface area contributed by atoms with E-state index in [0.29, 0.717) is 17.1 Å². The van der Waals surface area contributed by atoms with Gasteiger partial charge in [-0.2, -0.15) is 0 Å². The molecule has 1 unspecified atom stereocenters. The molecule has 0 saturated carbocycles. The molecule has 0 fully saturated rings. The fourth-order valence-corrected chi connectivity index (χ4v) is 1.35. The summed E-state index contributed by atoms with van der Waals surface area (Å²) in [5, 5.41) is 2.70. The van der Waals surface area contributed by atoms with Crippen LogP contribution in [0, 0.1) is 11.7 Å². The van der Waals surface area contributed by atoms with E-state index in [2.05, 4.69) is 5.32 Å². The third-order valence-corrected chi connectivity index (χ3v) is 2.75. The Labute approximate surface area is 105 Å². The van der Waals surface area contributed by atoms with Gasteiger partial charge in [-0.05, 0) is 17.7 Å². The number of thiocarbonyl (C=S) groups is 1. The van der Waals surface area contributed by atoms with E-state index in [1.54, 1.807) is 12.1 Å². The van der Waals surface area contributed by atoms with E-state index in [0.717, 1.165) is 0 Å². The molecule has 1 rings (SSSR count). The number of hydrogen-bond acceptors (Lipinski definition) is 2. The molecule has 1 aromatic rings. The molecule has 0 aliphatic carbocycles. The number of carbonyl (C=O) groups excluding carboxylic acids is 1. The first-order valence-corrected chi connectivity index (χ1v) is 5.70. The topological polar surface area (TPSA) is 55.1 Å². The van der Waals surface area contributed by atoms with E-state index in [9.17, 15) is 9.18 Å². The Morgan fingerprint density at radius 1 is 1.59 bits per heavy atom. The highest BCUT2D eigenvalue weighted by atomic mass is 32.1. The van der Waals surface area contributed by atoms with Gasteiger partial charge < -0.3 is 11.1 Å². The number of amides is 1. The lowest BCUT2D eigenvalue weighted by Gasteiger charge is -2.10. The van der Waals surface area contributed by atoms with Crippen molar-refractivity contribution in [3.05, 3.63) is 35.6 Å². The molecule has 0 saturated heterocycles. The van der Waals surface area contributed by atoms with Gasteiger partial charge in [0.15, 0.2) is 0 Å². The Morgan fingerprint density at radius 3 is 2.88 bits per heavy atom. The molecule has 0 radical (unpaired) electrons. The largest absolute Gasteiger partial charge is 0.393 e. The van der Waals surface area contributed by atoms with Crippen molar-refractivity contribution in [2.45, 2.75) is 13.3 Å². The molecule has 0 aliphatic rings. The lowest BCUT2D eigenvalue weighted by atomic mass is 10.1. The van der Waals surface area contributed by atoms with E-state index in [-0.39, 0.29) is 24.1 Å². The van der Waals surface area contributed by atoms with E-state index in [1.165, 1.54) is 12.1 Å². The van der Waals surface area contributed by atoms with Gasteiger partial charge in [0.2, 0.25) is 5.91 Å². The van der Waals surface area contributed by atoms with E-state index >= 15 is 0 Å². The molecule has 0 spiro atoms. The standard InChI is InChI=1S/C12H15FN2OS/c1-8(12(14)17)7-15-11(16)6-9-3-2-4-10(13)5-9/h2-5,8H,6-7H2,1H3,(H2,14,17)(H,15,16). The molecule has 92 valence electrons. The van der Waals surface area contributed by atoms with Gasteiger partial charge in [-0.15, -0.1) is 0 Å². The Balaban J connectivity index is 2.42. The van der Waals surface area contributed by atoms with Crippen LogP contribution in [0.15, 0.2) is 24.3 Å². The number of carbonyl (C=O) groups is 1. The van der Waals surface area contributed by atoms with Crippen LogP contribution in [0.25, 0.3) is 0 Å². The molecule has 0 aliphatic heterocycles. The minimum atomic E-state index is -0.341. The van der Waals surface area contributed by atoms with Gasteiger partial charge in [0.25, 0.3) is 0 Å². The maximum Gasteiger partial charge on any atom is 0.224 e. The molecular weight excluding hydrogens is 239 g/mol. The zero-order chi connectivity index (χ0) is 12.8. The van der Waals surface area contributed by atoms with Gasteiger partial charge in [-0.3, -0.25) is 4.79 Å². The number of nitrogens with two attached hydrogens (primary N) is 1. The van der Waals surface area contributed by atoms with Crippen LogP contribution in [0.3, 0.4) is 0 Å². The number of hydrogen-bond donors (Lipinski definition) is 2. The third-order valence-electron chi connectivity index (χ3n) is 2.34. The van der Waals surface area contributed by atoms with Crippen molar-refractivity contribution in [2.24, 2.45) is 11.7 Å². The predicted molar refractivity (Wildman–Crippen MR) is 69.1 cm³/mol. The summed E-state index contributed by atoms with van der Waals surface area (Å²) >= 11 is 4.79. The van der Waals surface area contributed by atoms with Crippen LogP contribution >= 0.6 is 12.2 Å². The molecule has 1 atom stereocenters. The zero-order valence-corrected chi connectivity index (χ0v) is 10.4. The van der Waals surface area contributed by atoms with Crippen LogP contribution < -0.4 is 11.1 Å². The highest BCUT2D eigenvalue weighted by molar-refractivity contribution is 7.80. The summed E-state index contributed by atoms with van der Waals surface area (Å²) in [6.07, 6.45) is 0.155. The number of rotatable bonds is 5. The van der Waals surface area contributed by atoms with E-state index in [4.69, 9.17) is 18.0 Å². The van der Waals surface area contributed by atoms with Crippen LogP contribution in [0.2, 0.25) is 0 Å². The maximum absolute atomic E-state index is 12.9. The monoisotopic (exact) mass is 254 g/mol. The summed E-state index contributed by atoms with van der Waals surface area (Å²) in [5.41, 5.74) is 6.07. The summed E-state index contributed by atoms with van der Waals surface area (Å²) < 4.78 is 12.9. The molecule has 0 bridgehead atoms. The highest BCUT2D eigenvalue weighted by Gasteiger charge is 2.08. The Kier molecular flexibility index (Phi) is 5.03. The first-order valence-electron chi connectivity index (χ1n) is 5.29. The van der Waals surface area contributed by atoms with Gasteiger partial charge >= 0.3 is 0 Å². The number of halogens is 1. The lowest BCUT2D eigenvalue weighted by Crippen LogP contribution is -2.34.